The highest BCUT2D eigenvalue weighted by molar-refractivity contribution is 7.26. The Morgan fingerprint density at radius 1 is 0.320 bits per heavy atom. The molecule has 10 aromatic rings. The normalized spacial score (nSPS) is 11.6. The Morgan fingerprint density at radius 3 is 1.82 bits per heavy atom. The maximum atomic E-state index is 2.43. The summed E-state index contributed by atoms with van der Waals surface area (Å²) in [4.78, 5) is 2.43. The summed E-state index contributed by atoms with van der Waals surface area (Å²) >= 11 is 1.87. The van der Waals surface area contributed by atoms with E-state index >= 15 is 0 Å². The highest BCUT2D eigenvalue weighted by Gasteiger charge is 2.19. The van der Waals surface area contributed by atoms with E-state index in [4.69, 9.17) is 0 Å². The van der Waals surface area contributed by atoms with Crippen molar-refractivity contribution in [2.24, 2.45) is 0 Å². The fraction of sp³-hybridized carbons (Fsp3) is 0. The van der Waals surface area contributed by atoms with Gasteiger partial charge >= 0.3 is 0 Å². The maximum absolute atomic E-state index is 2.43. The molecular weight excluding hydrogens is 623 g/mol. The Balaban J connectivity index is 1.11. The van der Waals surface area contributed by atoms with Gasteiger partial charge in [-0.15, -0.1) is 11.3 Å². The largest absolute Gasteiger partial charge is 0.309 e. The second-order valence-corrected chi connectivity index (χ2v) is 14.0. The lowest BCUT2D eigenvalue weighted by molar-refractivity contribution is 1.30. The van der Waals surface area contributed by atoms with Crippen molar-refractivity contribution in [3.05, 3.63) is 188 Å². The fourth-order valence-corrected chi connectivity index (χ4v) is 8.73. The van der Waals surface area contributed by atoms with Crippen molar-refractivity contribution in [3.63, 3.8) is 0 Å². The lowest BCUT2D eigenvalue weighted by atomic mass is 9.97. The van der Waals surface area contributed by atoms with Crippen molar-refractivity contribution in [2.45, 2.75) is 0 Å². The summed E-state index contributed by atoms with van der Waals surface area (Å²) in [6, 6.07) is 68.8. The Labute approximate surface area is 294 Å². The van der Waals surface area contributed by atoms with Gasteiger partial charge in [0, 0.05) is 26.8 Å². The summed E-state index contributed by atoms with van der Waals surface area (Å²) in [7, 11) is 0. The average molecular weight is 654 g/mol. The van der Waals surface area contributed by atoms with E-state index in [9.17, 15) is 0 Å². The van der Waals surface area contributed by atoms with Crippen LogP contribution in [0, 0.1) is 0 Å². The van der Waals surface area contributed by atoms with E-state index in [1.54, 1.807) is 0 Å². The van der Waals surface area contributed by atoms with Crippen LogP contribution in [-0.2, 0) is 0 Å². The quantitative estimate of drug-likeness (QED) is 0.167. The average Bonchev–Trinajstić information content (AvgIpc) is 3.57. The first-order chi connectivity index (χ1) is 24.8. The van der Waals surface area contributed by atoms with Crippen LogP contribution in [0.15, 0.2) is 188 Å². The summed E-state index contributed by atoms with van der Waals surface area (Å²) in [5.41, 5.74) is 8.27. The zero-order valence-corrected chi connectivity index (χ0v) is 28.1. The van der Waals surface area contributed by atoms with Crippen LogP contribution < -0.4 is 4.90 Å². The molecular formula is C48H31NS. The van der Waals surface area contributed by atoms with E-state index in [1.165, 1.54) is 80.4 Å². The second kappa shape index (κ2) is 11.7. The highest BCUT2D eigenvalue weighted by Crippen LogP contribution is 2.45. The minimum Gasteiger partial charge on any atom is -0.309 e. The SMILES string of the molecule is c1cc(-c2ccc3ccccc3c2)cc(N(c2ccc(-c3ccc4c(ccc5ccccc54)c3)cc2)c2cccc3c2sc2ccccc23)c1. The summed E-state index contributed by atoms with van der Waals surface area (Å²) in [6.45, 7) is 0. The van der Waals surface area contributed by atoms with Crippen LogP contribution in [0.25, 0.3) is 74.7 Å². The number of thiophene rings is 1. The molecule has 1 nitrogen and oxygen atoms in total. The molecule has 0 fully saturated rings. The molecule has 50 heavy (non-hydrogen) atoms. The number of hydrogen-bond donors (Lipinski definition) is 0. The van der Waals surface area contributed by atoms with Gasteiger partial charge < -0.3 is 4.90 Å². The van der Waals surface area contributed by atoms with Gasteiger partial charge in [0.25, 0.3) is 0 Å². The molecule has 10 rings (SSSR count). The molecule has 0 unspecified atom stereocenters. The van der Waals surface area contributed by atoms with Crippen molar-refractivity contribution in [2.75, 3.05) is 4.90 Å². The molecule has 0 saturated heterocycles. The van der Waals surface area contributed by atoms with Crippen molar-refractivity contribution in [3.8, 4) is 22.3 Å². The van der Waals surface area contributed by atoms with Gasteiger partial charge in [-0.1, -0.05) is 140 Å². The number of anilines is 3. The second-order valence-electron chi connectivity index (χ2n) is 13.0. The van der Waals surface area contributed by atoms with Crippen LogP contribution in [-0.4, -0.2) is 0 Å². The topological polar surface area (TPSA) is 3.24 Å². The monoisotopic (exact) mass is 653 g/mol. The number of benzene rings is 9. The third kappa shape index (κ3) is 4.84. The van der Waals surface area contributed by atoms with Crippen LogP contribution in [0.3, 0.4) is 0 Å². The van der Waals surface area contributed by atoms with Crippen molar-refractivity contribution in [1.82, 2.24) is 0 Å². The van der Waals surface area contributed by atoms with Crippen LogP contribution in [0.1, 0.15) is 0 Å². The molecule has 0 radical (unpaired) electrons. The number of rotatable bonds is 5. The predicted molar refractivity (Wildman–Crippen MR) is 217 cm³/mol. The lowest BCUT2D eigenvalue weighted by Gasteiger charge is -2.27. The molecule has 1 aromatic heterocycles. The molecule has 1 heterocycles. The molecule has 9 aromatic carbocycles. The Kier molecular flexibility index (Phi) is 6.75. The van der Waals surface area contributed by atoms with Crippen LogP contribution in [0.5, 0.6) is 0 Å². The Bertz CT molecular complexity index is 2880. The standard InChI is InChI=1S/C48H31NS/c1-2-11-35-29-38(21-19-32(35)9-1)36-12-7-13-41(31-36)49(46-17-8-16-45-44-15-5-6-18-47(44)50-48(45)46)40-26-23-33(24-27-40)37-25-28-43-39(30-37)22-20-34-10-3-4-14-42(34)43/h1-31H. The van der Waals surface area contributed by atoms with Crippen molar-refractivity contribution < 1.29 is 0 Å². The van der Waals surface area contributed by atoms with Crippen molar-refractivity contribution >= 4 is 80.9 Å². The summed E-state index contributed by atoms with van der Waals surface area (Å²) < 4.78 is 2.59. The molecule has 0 saturated carbocycles. The Morgan fingerprint density at radius 2 is 0.920 bits per heavy atom. The zero-order chi connectivity index (χ0) is 33.0. The molecule has 0 spiro atoms. The van der Waals surface area contributed by atoms with Crippen molar-refractivity contribution in [1.29, 1.82) is 0 Å². The smallest absolute Gasteiger partial charge is 0.0640 e. The highest BCUT2D eigenvalue weighted by atomic mass is 32.1. The number of hydrogen-bond acceptors (Lipinski definition) is 2. The molecule has 0 bridgehead atoms. The Hall–Kier alpha value is -6.22. The molecule has 0 aliphatic carbocycles. The number of fused-ring (bicyclic) bond motifs is 7. The predicted octanol–water partition coefficient (Wildman–Crippen LogP) is 14.3. The first-order valence-corrected chi connectivity index (χ1v) is 17.9. The first-order valence-electron chi connectivity index (χ1n) is 17.1. The summed E-state index contributed by atoms with van der Waals surface area (Å²) in [5.74, 6) is 0. The van der Waals surface area contributed by atoms with Gasteiger partial charge in [-0.25, -0.2) is 0 Å². The van der Waals surface area contributed by atoms with Gasteiger partial charge in [-0.2, -0.15) is 0 Å². The third-order valence-corrected chi connectivity index (χ3v) is 11.2. The van der Waals surface area contributed by atoms with Crippen LogP contribution in [0.2, 0.25) is 0 Å². The van der Waals surface area contributed by atoms with Crippen LogP contribution in [0.4, 0.5) is 17.1 Å². The lowest BCUT2D eigenvalue weighted by Crippen LogP contribution is -2.10. The van der Waals surface area contributed by atoms with Crippen LogP contribution >= 0.6 is 11.3 Å². The first kappa shape index (κ1) is 28.8. The van der Waals surface area contributed by atoms with Gasteiger partial charge in [0.1, 0.15) is 0 Å². The minimum absolute atomic E-state index is 1.13. The fourth-order valence-electron chi connectivity index (χ4n) is 7.52. The van der Waals surface area contributed by atoms with E-state index in [-0.39, 0.29) is 0 Å². The maximum Gasteiger partial charge on any atom is 0.0640 e. The van der Waals surface area contributed by atoms with E-state index in [0.29, 0.717) is 0 Å². The van der Waals surface area contributed by atoms with E-state index in [2.05, 4.69) is 193 Å². The molecule has 2 heteroatoms. The van der Waals surface area contributed by atoms with Gasteiger partial charge in [0.15, 0.2) is 0 Å². The molecule has 234 valence electrons. The minimum atomic E-state index is 1.13. The summed E-state index contributed by atoms with van der Waals surface area (Å²) in [6.07, 6.45) is 0. The summed E-state index contributed by atoms with van der Waals surface area (Å²) in [5, 5.41) is 10.2. The van der Waals surface area contributed by atoms with E-state index in [1.807, 2.05) is 11.3 Å². The van der Waals surface area contributed by atoms with Gasteiger partial charge in [-0.05, 0) is 103 Å². The van der Waals surface area contributed by atoms with Gasteiger partial charge in [0.2, 0.25) is 0 Å². The zero-order valence-electron chi connectivity index (χ0n) is 27.3. The molecule has 0 N–H and O–H groups in total. The molecule has 0 atom stereocenters. The van der Waals surface area contributed by atoms with E-state index < -0.39 is 0 Å². The number of nitrogens with zero attached hydrogens (tertiary/aromatic N) is 1. The molecule has 0 aliphatic heterocycles. The molecule has 0 aliphatic rings. The third-order valence-electron chi connectivity index (χ3n) is 10.0. The molecule has 0 amide bonds. The van der Waals surface area contributed by atoms with Gasteiger partial charge in [-0.3, -0.25) is 0 Å². The van der Waals surface area contributed by atoms with Gasteiger partial charge in [0.05, 0.1) is 10.4 Å². The van der Waals surface area contributed by atoms with E-state index in [0.717, 1.165) is 11.4 Å².